The van der Waals surface area contributed by atoms with Gasteiger partial charge >= 0.3 is 35.5 Å². The van der Waals surface area contributed by atoms with Crippen molar-refractivity contribution in [1.29, 1.82) is 0 Å². The molecule has 1 heterocycles. The molecule has 0 spiro atoms. The Balaban J connectivity index is 0.00000156. The van der Waals surface area contributed by atoms with Crippen molar-refractivity contribution in [3.8, 4) is 22.8 Å². The first-order chi connectivity index (χ1) is 11.1. The summed E-state index contributed by atoms with van der Waals surface area (Å²) in [5.41, 5.74) is 1.24. The molecule has 1 N–H and O–H groups in total. The normalized spacial score (nSPS) is 9.88. The van der Waals surface area contributed by atoms with Crippen molar-refractivity contribution in [2.24, 2.45) is 0 Å². The van der Waals surface area contributed by atoms with Gasteiger partial charge in [-0.15, -0.1) is 0 Å². The van der Waals surface area contributed by atoms with Gasteiger partial charge in [-0.2, -0.15) is 0 Å². The number of ether oxygens (including phenoxy) is 1. The van der Waals surface area contributed by atoms with E-state index in [1.807, 2.05) is 0 Å². The van der Waals surface area contributed by atoms with Crippen molar-refractivity contribution in [2.75, 3.05) is 0 Å². The summed E-state index contributed by atoms with van der Waals surface area (Å²) < 4.78 is 18.4. The van der Waals surface area contributed by atoms with Crippen LogP contribution in [-0.2, 0) is 0 Å². The summed E-state index contributed by atoms with van der Waals surface area (Å²) >= 11 is 0. The molecule has 1 aromatic heterocycles. The minimum atomic E-state index is -1.18. The number of hydrogen-bond donors (Lipinski definition) is 1. The minimum absolute atomic E-state index is 0. The molecule has 3 aromatic rings. The number of halogens is 1. The fourth-order valence-electron chi connectivity index (χ4n) is 1.95. The summed E-state index contributed by atoms with van der Waals surface area (Å²) in [5.74, 6) is -0.662. The fourth-order valence-corrected chi connectivity index (χ4v) is 1.95. The number of nitrogens with zero attached hydrogens (tertiary/aromatic N) is 2. The molecule has 0 atom stereocenters. The van der Waals surface area contributed by atoms with Gasteiger partial charge in [0.15, 0.2) is 0 Å². The summed E-state index contributed by atoms with van der Waals surface area (Å²) in [7, 11) is 0. The van der Waals surface area contributed by atoms with E-state index in [2.05, 4.69) is 9.97 Å². The van der Waals surface area contributed by atoms with Gasteiger partial charge in [0.2, 0.25) is 5.82 Å². The van der Waals surface area contributed by atoms with Crippen molar-refractivity contribution >= 4 is 5.97 Å². The average molecular weight is 334 g/mol. The predicted molar refractivity (Wildman–Crippen MR) is 82.0 cm³/mol. The van der Waals surface area contributed by atoms with E-state index < -0.39 is 5.97 Å². The van der Waals surface area contributed by atoms with Crippen LogP contribution in [0.25, 0.3) is 11.3 Å². The molecule has 0 unspecified atom stereocenters. The molecule has 0 aliphatic carbocycles. The summed E-state index contributed by atoms with van der Waals surface area (Å²) in [5, 5.41) is 8.91. The van der Waals surface area contributed by atoms with Gasteiger partial charge in [-0.3, -0.25) is 0 Å². The second-order valence-electron chi connectivity index (χ2n) is 4.65. The van der Waals surface area contributed by atoms with E-state index >= 15 is 0 Å². The van der Waals surface area contributed by atoms with Crippen LogP contribution < -0.4 is 34.3 Å². The number of carbonyl (C=O) groups is 1. The average Bonchev–Trinajstić information content (AvgIpc) is 2.58. The SMILES string of the molecule is O=C(O)c1nccc(-c2ccc(Oc3ccc(F)cc3)cc2)n1.[H-].[Na+]. The van der Waals surface area contributed by atoms with Crippen molar-refractivity contribution in [1.82, 2.24) is 9.97 Å². The van der Waals surface area contributed by atoms with Gasteiger partial charge in [-0.1, -0.05) is 0 Å². The van der Waals surface area contributed by atoms with E-state index in [0.29, 0.717) is 17.2 Å². The van der Waals surface area contributed by atoms with E-state index in [4.69, 9.17) is 9.84 Å². The number of aromatic nitrogens is 2. The van der Waals surface area contributed by atoms with E-state index in [9.17, 15) is 9.18 Å². The summed E-state index contributed by atoms with van der Waals surface area (Å²) in [6.07, 6.45) is 1.40. The molecule has 116 valence electrons. The maximum Gasteiger partial charge on any atom is 1.00 e. The monoisotopic (exact) mass is 334 g/mol. The predicted octanol–water partition coefficient (Wildman–Crippen LogP) is 0.890. The Morgan fingerprint density at radius 2 is 1.58 bits per heavy atom. The molecule has 0 saturated heterocycles. The number of carboxylic acid groups (broad SMARTS) is 1. The Labute approximate surface area is 160 Å². The Bertz CT molecular complexity index is 845. The van der Waals surface area contributed by atoms with Gasteiger partial charge in [0.25, 0.3) is 0 Å². The molecular formula is C17H12FN2NaO3. The van der Waals surface area contributed by atoms with E-state index in [0.717, 1.165) is 5.56 Å². The van der Waals surface area contributed by atoms with Crippen LogP contribution in [0.2, 0.25) is 0 Å². The van der Waals surface area contributed by atoms with E-state index in [1.54, 1.807) is 30.3 Å². The molecule has 0 radical (unpaired) electrons. The first kappa shape index (κ1) is 18.1. The summed E-state index contributed by atoms with van der Waals surface area (Å²) in [4.78, 5) is 18.5. The van der Waals surface area contributed by atoms with Crippen LogP contribution in [0.5, 0.6) is 11.5 Å². The molecular weight excluding hydrogens is 322 g/mol. The van der Waals surface area contributed by atoms with Crippen molar-refractivity contribution in [2.45, 2.75) is 0 Å². The quantitative estimate of drug-likeness (QED) is 0.718. The van der Waals surface area contributed by atoms with Gasteiger partial charge in [0.05, 0.1) is 5.69 Å². The maximum absolute atomic E-state index is 12.8. The summed E-state index contributed by atoms with van der Waals surface area (Å²) in [6, 6.07) is 14.3. The molecule has 0 bridgehead atoms. The standard InChI is InChI=1S/C17H11FN2O3.Na.H/c18-12-3-7-14(8-4-12)23-13-5-1-11(2-6-13)15-9-10-19-16(20-15)17(21)22;;/h1-10H,(H,21,22);;/q;+1;-1. The van der Waals surface area contributed by atoms with E-state index in [-0.39, 0.29) is 42.6 Å². The van der Waals surface area contributed by atoms with Crippen LogP contribution in [0.3, 0.4) is 0 Å². The van der Waals surface area contributed by atoms with Gasteiger partial charge in [0.1, 0.15) is 17.3 Å². The zero-order chi connectivity index (χ0) is 16.2. The minimum Gasteiger partial charge on any atom is -1.00 e. The second-order valence-corrected chi connectivity index (χ2v) is 4.65. The Hall–Kier alpha value is -2.28. The third kappa shape index (κ3) is 4.38. The molecule has 0 aliphatic heterocycles. The molecule has 0 saturated carbocycles. The topological polar surface area (TPSA) is 72.3 Å². The van der Waals surface area contributed by atoms with Crippen LogP contribution in [-0.4, -0.2) is 21.0 Å². The van der Waals surface area contributed by atoms with Gasteiger partial charge in [0, 0.05) is 11.8 Å². The molecule has 0 fully saturated rings. The Morgan fingerprint density at radius 3 is 2.17 bits per heavy atom. The summed E-state index contributed by atoms with van der Waals surface area (Å²) in [6.45, 7) is 0. The molecule has 5 nitrogen and oxygen atoms in total. The smallest absolute Gasteiger partial charge is 1.00 e. The zero-order valence-electron chi connectivity index (χ0n) is 13.8. The number of carboxylic acids is 1. The van der Waals surface area contributed by atoms with Crippen LogP contribution in [0.15, 0.2) is 60.8 Å². The van der Waals surface area contributed by atoms with E-state index in [1.165, 1.54) is 30.5 Å². The second kappa shape index (κ2) is 8.01. The first-order valence-corrected chi connectivity index (χ1v) is 6.72. The van der Waals surface area contributed by atoms with Gasteiger partial charge < -0.3 is 11.3 Å². The number of rotatable bonds is 4. The van der Waals surface area contributed by atoms with Crippen LogP contribution >= 0.6 is 0 Å². The molecule has 24 heavy (non-hydrogen) atoms. The van der Waals surface area contributed by atoms with Gasteiger partial charge in [-0.25, -0.2) is 19.2 Å². The Morgan fingerprint density at radius 1 is 1.00 bits per heavy atom. The fraction of sp³-hybridized carbons (Fsp3) is 0. The molecule has 0 aliphatic rings. The first-order valence-electron chi connectivity index (χ1n) is 6.72. The molecule has 3 rings (SSSR count). The number of benzene rings is 2. The third-order valence-corrected chi connectivity index (χ3v) is 3.05. The maximum atomic E-state index is 12.8. The Kier molecular flexibility index (Phi) is 6.03. The largest absolute Gasteiger partial charge is 1.00 e. The van der Waals surface area contributed by atoms with Gasteiger partial charge in [-0.05, 0) is 54.6 Å². The van der Waals surface area contributed by atoms with Crippen LogP contribution in [0.1, 0.15) is 12.0 Å². The van der Waals surface area contributed by atoms with Crippen molar-refractivity contribution in [3.05, 3.63) is 72.4 Å². The number of aromatic carboxylic acids is 1. The van der Waals surface area contributed by atoms with Crippen LogP contribution in [0, 0.1) is 5.82 Å². The molecule has 2 aromatic carbocycles. The molecule has 0 amide bonds. The molecule has 7 heteroatoms. The number of hydrogen-bond acceptors (Lipinski definition) is 4. The van der Waals surface area contributed by atoms with Crippen LogP contribution in [0.4, 0.5) is 4.39 Å². The zero-order valence-corrected chi connectivity index (χ0v) is 14.8. The third-order valence-electron chi connectivity index (χ3n) is 3.05. The van der Waals surface area contributed by atoms with Crippen molar-refractivity contribution < 1.29 is 50.0 Å². The van der Waals surface area contributed by atoms with Crippen molar-refractivity contribution in [3.63, 3.8) is 0 Å².